The summed E-state index contributed by atoms with van der Waals surface area (Å²) in [5, 5.41) is 42.2. The number of fused-ring (bicyclic) bond motifs is 2. The Labute approximate surface area is 292 Å². The van der Waals surface area contributed by atoms with E-state index in [0.29, 0.717) is 0 Å². The van der Waals surface area contributed by atoms with Gasteiger partial charge in [0.05, 0.1) is 26.6 Å². The first-order valence-electron chi connectivity index (χ1n) is 14.4. The number of aromatic nitrogens is 8. The van der Waals surface area contributed by atoms with Gasteiger partial charge in [-0.15, -0.1) is 0 Å². The molecule has 13 N–H and O–H groups in total. The van der Waals surface area contributed by atoms with E-state index in [1.165, 1.54) is 28.8 Å². The van der Waals surface area contributed by atoms with E-state index in [4.69, 9.17) is 33.2 Å². The molecule has 0 bridgehead atoms. The van der Waals surface area contributed by atoms with Gasteiger partial charge in [0.15, 0.2) is 11.9 Å². The van der Waals surface area contributed by atoms with Gasteiger partial charge in [0, 0.05) is 0 Å². The second-order valence-electron chi connectivity index (χ2n) is 11.3. The molecule has 0 radical (unpaired) electrons. The highest BCUT2D eigenvalue weighted by Gasteiger charge is 2.50. The van der Waals surface area contributed by atoms with E-state index in [-0.39, 0.29) is 38.9 Å². The van der Waals surface area contributed by atoms with Gasteiger partial charge in [0.25, 0.3) is 11.2 Å². The average Bonchev–Trinajstić information content (AvgIpc) is 3.74. The topological polar surface area (TPSA) is 401 Å². The number of nitrogens with zero attached hydrogens (tertiary/aromatic N) is 6. The monoisotopic (exact) mass is 819 g/mol. The summed E-state index contributed by atoms with van der Waals surface area (Å²) < 4.78 is 69.6. The molecule has 0 aromatic carbocycles. The van der Waals surface area contributed by atoms with Crippen LogP contribution in [0.5, 0.6) is 0 Å². The SMILES string of the molecule is C[n+]1cn([C@@H]2O[C@H](COP(=O)(O)OP(=O)(O)OP(=O)(O)OC[C@H]3O[C@@H](n4cnc5c(=S)[nH]c(N)nc54)[C@@H](O)C3O)C(O)[C@@H]2O)c2nc(N)[nH]c(=O)c21. The number of nitrogen functional groups attached to an aromatic ring is 2. The predicted octanol–water partition coefficient (Wildman–Crippen LogP) is -3.18. The van der Waals surface area contributed by atoms with Gasteiger partial charge in [-0.05, 0) is 0 Å². The van der Waals surface area contributed by atoms with Gasteiger partial charge in [-0.25, -0.2) is 23.2 Å². The van der Waals surface area contributed by atoms with E-state index in [2.05, 4.69) is 42.6 Å². The largest absolute Gasteiger partial charge is 0.490 e. The van der Waals surface area contributed by atoms with Crippen LogP contribution in [0.2, 0.25) is 0 Å². The van der Waals surface area contributed by atoms with Crippen molar-refractivity contribution in [3.8, 4) is 0 Å². The highest BCUT2D eigenvalue weighted by molar-refractivity contribution is 7.71. The zero-order valence-electron chi connectivity index (χ0n) is 26.0. The number of nitrogens with two attached hydrogens (primary N) is 2. The fraction of sp³-hybridized carbons (Fsp3) is 0.524. The van der Waals surface area contributed by atoms with Crippen molar-refractivity contribution in [2.75, 3.05) is 24.7 Å². The van der Waals surface area contributed by atoms with E-state index in [1.54, 1.807) is 0 Å². The lowest BCUT2D eigenvalue weighted by molar-refractivity contribution is -0.646. The lowest BCUT2D eigenvalue weighted by Gasteiger charge is -2.21. The molecule has 2 fully saturated rings. The third-order valence-corrected chi connectivity index (χ3v) is 12.2. The molecule has 0 spiro atoms. The van der Waals surface area contributed by atoms with Crippen molar-refractivity contribution < 1.29 is 80.5 Å². The third-order valence-electron chi connectivity index (χ3n) is 7.68. The molecule has 2 aliphatic heterocycles. The van der Waals surface area contributed by atoms with Crippen LogP contribution in [0.3, 0.4) is 0 Å². The summed E-state index contributed by atoms with van der Waals surface area (Å²) in [6.07, 6.45) is -10.6. The Morgan fingerprint density at radius 3 is 1.90 bits per heavy atom. The van der Waals surface area contributed by atoms with E-state index in [0.717, 1.165) is 4.57 Å². The van der Waals surface area contributed by atoms with E-state index >= 15 is 0 Å². The third kappa shape index (κ3) is 7.61. The molecule has 4 aromatic heterocycles. The molecule has 286 valence electrons. The minimum Gasteiger partial charge on any atom is -0.387 e. The van der Waals surface area contributed by atoms with Crippen LogP contribution in [0.15, 0.2) is 17.4 Å². The minimum atomic E-state index is -5.98. The number of phosphoric ester groups is 2. The number of imidazole rings is 2. The van der Waals surface area contributed by atoms with Crippen molar-refractivity contribution in [3.05, 3.63) is 27.6 Å². The van der Waals surface area contributed by atoms with Crippen molar-refractivity contribution in [1.29, 1.82) is 0 Å². The summed E-state index contributed by atoms with van der Waals surface area (Å²) in [5.74, 6) is -0.376. The number of H-pyrrole nitrogens is 2. The smallest absolute Gasteiger partial charge is 0.387 e. The molecule has 31 heteroatoms. The van der Waals surface area contributed by atoms with Gasteiger partial charge in [-0.3, -0.25) is 23.4 Å². The highest BCUT2D eigenvalue weighted by Crippen LogP contribution is 2.67. The molecule has 5 unspecified atom stereocenters. The number of nitrogens with one attached hydrogen (secondary N) is 2. The van der Waals surface area contributed by atoms with Crippen molar-refractivity contribution in [1.82, 2.24) is 34.1 Å². The summed E-state index contributed by atoms with van der Waals surface area (Å²) in [6.45, 7) is -2.12. The fourth-order valence-electron chi connectivity index (χ4n) is 5.44. The average molecular weight is 820 g/mol. The number of hydrogen-bond acceptors (Lipinski definition) is 20. The lowest BCUT2D eigenvalue weighted by Crippen LogP contribution is -2.34. The summed E-state index contributed by atoms with van der Waals surface area (Å²) >= 11 is 5.12. The van der Waals surface area contributed by atoms with E-state index in [1.807, 2.05) is 0 Å². The van der Waals surface area contributed by atoms with Crippen LogP contribution in [0.25, 0.3) is 22.3 Å². The van der Waals surface area contributed by atoms with Gasteiger partial charge < -0.3 is 61.0 Å². The number of aromatic amines is 2. The molecule has 0 aliphatic carbocycles. The molecule has 4 aromatic rings. The minimum absolute atomic E-state index is 0.0161. The molecule has 11 atom stereocenters. The zero-order chi connectivity index (χ0) is 38.1. The number of aliphatic hydroxyl groups is 4. The van der Waals surface area contributed by atoms with Gasteiger partial charge in [-0.1, -0.05) is 12.2 Å². The maximum atomic E-state index is 12.5. The first-order chi connectivity index (χ1) is 24.2. The molecule has 6 heterocycles. The zero-order valence-corrected chi connectivity index (χ0v) is 29.5. The molecule has 52 heavy (non-hydrogen) atoms. The number of rotatable bonds is 12. The summed E-state index contributed by atoms with van der Waals surface area (Å²) in [4.78, 5) is 59.3. The van der Waals surface area contributed by atoms with Crippen LogP contribution in [0.4, 0.5) is 11.9 Å². The summed E-state index contributed by atoms with van der Waals surface area (Å²) in [5.41, 5.74) is 10.8. The Bertz CT molecular complexity index is 2280. The van der Waals surface area contributed by atoms with Crippen LogP contribution in [0, 0.1) is 4.64 Å². The molecule has 27 nitrogen and oxygen atoms in total. The van der Waals surface area contributed by atoms with Gasteiger partial charge in [0.2, 0.25) is 24.5 Å². The number of aryl methyl sites for hydroxylation is 1. The van der Waals surface area contributed by atoms with Gasteiger partial charge in [0.1, 0.15) is 46.8 Å². The Morgan fingerprint density at radius 2 is 1.35 bits per heavy atom. The Hall–Kier alpha value is -3.11. The maximum absolute atomic E-state index is 12.5. The molecule has 0 amide bonds. The van der Waals surface area contributed by atoms with Crippen LogP contribution >= 0.6 is 35.7 Å². The molecular weight excluding hydrogens is 789 g/mol. The number of phosphoric acid groups is 3. The van der Waals surface area contributed by atoms with Gasteiger partial charge >= 0.3 is 29.0 Å². The fourth-order valence-corrected chi connectivity index (χ4v) is 9.21. The highest BCUT2D eigenvalue weighted by atomic mass is 32.1. The molecule has 2 aliphatic rings. The van der Waals surface area contributed by atoms with Crippen molar-refractivity contribution in [2.24, 2.45) is 7.05 Å². The normalized spacial score (nSPS) is 30.1. The van der Waals surface area contributed by atoms with Crippen molar-refractivity contribution >= 4 is 69.9 Å². The van der Waals surface area contributed by atoms with Crippen LogP contribution in [-0.2, 0) is 47.9 Å². The predicted molar refractivity (Wildman–Crippen MR) is 168 cm³/mol. The Morgan fingerprint density at radius 1 is 0.846 bits per heavy atom. The van der Waals surface area contributed by atoms with Crippen LogP contribution in [0.1, 0.15) is 12.5 Å². The lowest BCUT2D eigenvalue weighted by atomic mass is 10.1. The number of ether oxygens (including phenoxy) is 2. The van der Waals surface area contributed by atoms with Crippen molar-refractivity contribution in [3.63, 3.8) is 0 Å². The molecule has 6 rings (SSSR count). The standard InChI is InChI=1S/C21H29N10O17P3S/c1-29-5-31(15-9(29)16(36)27-20(22)26-15)19-13(35)11(33)7(46-19)3-44-50(39,40)48-51(41,42)47-49(37,38)43-2-6-10(32)12(34)18(45-6)30-4-24-8-14(30)25-21(23)28-17(8)52/h4-7,10-13,18-19,32-35H,2-3H2,1H3,(H8-,22,23,25,26,27,28,36,37,38,39,40,41,42,52)/p+1/t6-,7-,10?,11?,12+,13+,18-,19-/m1/s1. The summed E-state index contributed by atoms with van der Waals surface area (Å²) in [7, 11) is -15.8. The maximum Gasteiger partial charge on any atom is 0.490 e. The Kier molecular flexibility index (Phi) is 10.4. The molecule has 2 saturated heterocycles. The van der Waals surface area contributed by atoms with Crippen LogP contribution < -0.4 is 21.6 Å². The number of hydrogen-bond donors (Lipinski definition) is 11. The van der Waals surface area contributed by atoms with Gasteiger partial charge in [-0.2, -0.15) is 23.2 Å². The van der Waals surface area contributed by atoms with Crippen molar-refractivity contribution in [2.45, 2.75) is 49.1 Å². The van der Waals surface area contributed by atoms with E-state index < -0.39 is 91.3 Å². The van der Waals surface area contributed by atoms with E-state index in [9.17, 15) is 53.6 Å². The quantitative estimate of drug-likeness (QED) is 0.0381. The summed E-state index contributed by atoms with van der Waals surface area (Å²) in [6, 6.07) is 0. The molecular formula is C21H30N10O17P3S+. The second kappa shape index (κ2) is 13.9. The van der Waals surface area contributed by atoms with Crippen LogP contribution in [-0.4, -0.2) is 119 Å². The second-order valence-corrected chi connectivity index (χ2v) is 16.3. The first kappa shape index (κ1) is 38.6. The first-order valence-corrected chi connectivity index (χ1v) is 19.3. The number of aliphatic hydroxyl groups excluding tert-OH is 4. The number of anilines is 2. The Balaban J connectivity index is 1.05. The molecule has 0 saturated carbocycles.